The molecule has 2 N–H and O–H groups in total. The van der Waals surface area contributed by atoms with Gasteiger partial charge in [-0.3, -0.25) is 0 Å². The number of carboxylic acid groups (broad SMARTS) is 2. The van der Waals surface area contributed by atoms with E-state index in [1.807, 2.05) is 0 Å². The lowest BCUT2D eigenvalue weighted by Gasteiger charge is -1.88. The highest BCUT2D eigenvalue weighted by molar-refractivity contribution is 6.47. The van der Waals surface area contributed by atoms with E-state index in [0.717, 1.165) is 0 Å². The van der Waals surface area contributed by atoms with E-state index >= 15 is 0 Å². The van der Waals surface area contributed by atoms with Gasteiger partial charge in [-0.2, -0.15) is 0 Å². The van der Waals surface area contributed by atoms with E-state index in [9.17, 15) is 0 Å². The Morgan fingerprint density at radius 1 is 1.00 bits per heavy atom. The van der Waals surface area contributed by atoms with Crippen LogP contribution in [0.2, 0.25) is 0 Å². The standard InChI is InChI=1S/C4H4Cl4.CH2O3/c5-3(6)1-2-4(7)8;2-1(3)4/h1-4H;(H2,2,3,4). The Morgan fingerprint density at radius 2 is 1.17 bits per heavy atom. The first-order valence-corrected chi connectivity index (χ1v) is 4.27. The molecule has 0 aromatic carbocycles. The Kier molecular flexibility index (Phi) is 11.3. The molecule has 0 saturated heterocycles. The monoisotopic (exact) mass is 254 g/mol. The van der Waals surface area contributed by atoms with Crippen molar-refractivity contribution in [1.82, 2.24) is 0 Å². The number of rotatable bonds is 2. The highest BCUT2D eigenvalue weighted by Crippen LogP contribution is 2.08. The summed E-state index contributed by atoms with van der Waals surface area (Å²) in [6.45, 7) is 0. The van der Waals surface area contributed by atoms with Crippen molar-refractivity contribution in [2.24, 2.45) is 0 Å². The molecular weight excluding hydrogens is 250 g/mol. The lowest BCUT2D eigenvalue weighted by molar-refractivity contribution is 0.137. The zero-order chi connectivity index (χ0) is 10.1. The van der Waals surface area contributed by atoms with Gasteiger partial charge in [-0.15, -0.1) is 46.4 Å². The van der Waals surface area contributed by atoms with Crippen LogP contribution in [0.15, 0.2) is 12.2 Å². The van der Waals surface area contributed by atoms with Crippen LogP contribution in [0.5, 0.6) is 0 Å². The van der Waals surface area contributed by atoms with Crippen LogP contribution in [-0.2, 0) is 0 Å². The number of hydrogen-bond donors (Lipinski definition) is 2. The van der Waals surface area contributed by atoms with Crippen molar-refractivity contribution < 1.29 is 15.0 Å². The fraction of sp³-hybridized carbons (Fsp3) is 0.400. The highest BCUT2D eigenvalue weighted by atomic mass is 35.5. The molecule has 0 saturated carbocycles. The summed E-state index contributed by atoms with van der Waals surface area (Å²) in [6.07, 6.45) is 1.18. The first kappa shape index (κ1) is 14.7. The van der Waals surface area contributed by atoms with Gasteiger partial charge in [0.15, 0.2) is 0 Å². The molecule has 3 nitrogen and oxygen atoms in total. The van der Waals surface area contributed by atoms with Gasteiger partial charge in [-0.25, -0.2) is 4.79 Å². The van der Waals surface area contributed by atoms with Gasteiger partial charge in [0.25, 0.3) is 0 Å². The van der Waals surface area contributed by atoms with E-state index in [-0.39, 0.29) is 0 Å². The van der Waals surface area contributed by atoms with E-state index in [1.165, 1.54) is 12.2 Å². The van der Waals surface area contributed by atoms with Crippen molar-refractivity contribution >= 4 is 52.6 Å². The second-order valence-electron chi connectivity index (χ2n) is 1.34. The minimum atomic E-state index is -1.83. The number of allylic oxidation sites excluding steroid dienone is 2. The third kappa shape index (κ3) is 32.0. The number of carbonyl (C=O) groups is 1. The first-order chi connectivity index (χ1) is 5.36. The zero-order valence-electron chi connectivity index (χ0n) is 5.62. The van der Waals surface area contributed by atoms with Gasteiger partial charge in [0.2, 0.25) is 0 Å². The molecule has 0 radical (unpaired) electrons. The van der Waals surface area contributed by atoms with Gasteiger partial charge in [-0.1, -0.05) is 12.2 Å². The average Bonchev–Trinajstić information content (AvgIpc) is 1.82. The van der Waals surface area contributed by atoms with Crippen LogP contribution < -0.4 is 0 Å². The van der Waals surface area contributed by atoms with E-state index in [2.05, 4.69) is 0 Å². The van der Waals surface area contributed by atoms with Gasteiger partial charge < -0.3 is 10.2 Å². The predicted octanol–water partition coefficient (Wildman–Crippen LogP) is 3.37. The van der Waals surface area contributed by atoms with Gasteiger partial charge in [0.05, 0.1) is 0 Å². The summed E-state index contributed by atoms with van der Waals surface area (Å²) >= 11 is 21.1. The molecule has 0 rings (SSSR count). The van der Waals surface area contributed by atoms with Crippen molar-refractivity contribution in [2.45, 2.75) is 9.67 Å². The maximum absolute atomic E-state index is 8.56. The first-order valence-electron chi connectivity index (χ1n) is 2.52. The molecule has 0 aliphatic rings. The molecule has 0 aliphatic carbocycles. The number of alkyl halides is 4. The molecule has 12 heavy (non-hydrogen) atoms. The van der Waals surface area contributed by atoms with E-state index in [1.54, 1.807) is 0 Å². The third-order valence-corrected chi connectivity index (χ3v) is 0.984. The highest BCUT2D eigenvalue weighted by Gasteiger charge is 1.92. The second-order valence-corrected chi connectivity index (χ2v) is 3.66. The molecule has 0 spiro atoms. The lowest BCUT2D eigenvalue weighted by Crippen LogP contribution is -1.81. The summed E-state index contributed by atoms with van der Waals surface area (Å²) in [5, 5.41) is 13.9. The topological polar surface area (TPSA) is 57.5 Å². The van der Waals surface area contributed by atoms with Crippen molar-refractivity contribution in [3.8, 4) is 0 Å². The van der Waals surface area contributed by atoms with Crippen LogP contribution in [0, 0.1) is 0 Å². The molecule has 0 aromatic heterocycles. The molecule has 0 fully saturated rings. The van der Waals surface area contributed by atoms with Crippen molar-refractivity contribution in [2.75, 3.05) is 0 Å². The minimum absolute atomic E-state index is 0.519. The summed E-state index contributed by atoms with van der Waals surface area (Å²) < 4.78 is 0. The Morgan fingerprint density at radius 3 is 1.25 bits per heavy atom. The second kappa shape index (κ2) is 9.26. The van der Waals surface area contributed by atoms with Gasteiger partial charge in [0.1, 0.15) is 9.67 Å². The van der Waals surface area contributed by atoms with Crippen molar-refractivity contribution in [3.05, 3.63) is 12.2 Å². The normalized spacial score (nSPS) is 10.2. The predicted molar refractivity (Wildman–Crippen MR) is 50.8 cm³/mol. The molecule has 0 amide bonds. The molecule has 0 heterocycles. The largest absolute Gasteiger partial charge is 0.503 e. The van der Waals surface area contributed by atoms with Crippen LogP contribution in [0.1, 0.15) is 0 Å². The maximum atomic E-state index is 8.56. The lowest BCUT2D eigenvalue weighted by atomic mass is 10.6. The van der Waals surface area contributed by atoms with Crippen LogP contribution in [0.25, 0.3) is 0 Å². The summed E-state index contributed by atoms with van der Waals surface area (Å²) in [5.41, 5.74) is 0. The third-order valence-electron chi connectivity index (χ3n) is 0.402. The Labute approximate surface area is 89.5 Å². The average molecular weight is 256 g/mol. The fourth-order valence-electron chi connectivity index (χ4n) is 0.168. The van der Waals surface area contributed by atoms with Crippen LogP contribution in [-0.4, -0.2) is 26.0 Å². The van der Waals surface area contributed by atoms with E-state index < -0.39 is 15.8 Å². The smallest absolute Gasteiger partial charge is 0.450 e. The number of hydrogen-bond acceptors (Lipinski definition) is 1. The Hall–Kier alpha value is 0.170. The van der Waals surface area contributed by atoms with Crippen LogP contribution >= 0.6 is 46.4 Å². The number of halogens is 4. The van der Waals surface area contributed by atoms with Crippen LogP contribution in [0.3, 0.4) is 0 Å². The minimum Gasteiger partial charge on any atom is -0.450 e. The Balaban J connectivity index is 0. The summed E-state index contributed by atoms with van der Waals surface area (Å²) in [5.74, 6) is 0. The molecule has 0 aromatic rings. The van der Waals surface area contributed by atoms with Gasteiger partial charge in [0, 0.05) is 0 Å². The SMILES string of the molecule is ClC(Cl)C=CC(Cl)Cl.O=C(O)O. The summed E-state index contributed by atoms with van der Waals surface area (Å²) in [4.78, 5) is 7.52. The molecule has 0 atom stereocenters. The molecule has 0 bridgehead atoms. The molecule has 72 valence electrons. The summed E-state index contributed by atoms with van der Waals surface area (Å²) in [7, 11) is 0. The zero-order valence-corrected chi connectivity index (χ0v) is 8.65. The van der Waals surface area contributed by atoms with Crippen molar-refractivity contribution in [3.63, 3.8) is 0 Å². The van der Waals surface area contributed by atoms with Gasteiger partial charge in [-0.05, 0) is 0 Å². The molecular formula is C5H6Cl4O3. The van der Waals surface area contributed by atoms with Gasteiger partial charge >= 0.3 is 6.16 Å². The van der Waals surface area contributed by atoms with E-state index in [4.69, 9.17) is 61.4 Å². The van der Waals surface area contributed by atoms with Crippen LogP contribution in [0.4, 0.5) is 4.79 Å². The molecule has 7 heteroatoms. The molecule has 0 aliphatic heterocycles. The van der Waals surface area contributed by atoms with Crippen molar-refractivity contribution in [1.29, 1.82) is 0 Å². The fourth-order valence-corrected chi connectivity index (χ4v) is 0.504. The Bertz CT molecular complexity index is 132. The molecule has 0 unspecified atom stereocenters. The maximum Gasteiger partial charge on any atom is 0.503 e. The van der Waals surface area contributed by atoms with E-state index in [0.29, 0.717) is 0 Å². The summed E-state index contributed by atoms with van der Waals surface area (Å²) in [6, 6.07) is 0. The quantitative estimate of drug-likeness (QED) is 0.588.